The van der Waals surface area contributed by atoms with Crippen LogP contribution in [0.5, 0.6) is 17.2 Å². The summed E-state index contributed by atoms with van der Waals surface area (Å²) in [7, 11) is 4.38. The van der Waals surface area contributed by atoms with Crippen LogP contribution in [0.3, 0.4) is 0 Å². The highest BCUT2D eigenvalue weighted by molar-refractivity contribution is 5.73. The van der Waals surface area contributed by atoms with Crippen LogP contribution in [0.25, 0.3) is 0 Å². The highest BCUT2D eigenvalue weighted by Crippen LogP contribution is 2.38. The summed E-state index contributed by atoms with van der Waals surface area (Å²) in [5, 5.41) is 11.8. The summed E-state index contributed by atoms with van der Waals surface area (Å²) < 4.78 is 21.0. The third kappa shape index (κ3) is 6.06. The number of ether oxygens (including phenoxy) is 4. The van der Waals surface area contributed by atoms with Crippen molar-refractivity contribution in [2.24, 2.45) is 0 Å². The van der Waals surface area contributed by atoms with Gasteiger partial charge in [0.25, 0.3) is 0 Å². The van der Waals surface area contributed by atoms with Crippen molar-refractivity contribution < 1.29 is 33.6 Å². The molecule has 0 unspecified atom stereocenters. The molecule has 0 fully saturated rings. The molecule has 8 heteroatoms. The lowest BCUT2D eigenvalue weighted by molar-refractivity contribution is -0.137. The van der Waals surface area contributed by atoms with E-state index in [2.05, 4.69) is 5.32 Å². The van der Waals surface area contributed by atoms with E-state index in [9.17, 15) is 14.7 Å². The highest BCUT2D eigenvalue weighted by Gasteiger charge is 2.26. The first kappa shape index (κ1) is 20.4. The maximum Gasteiger partial charge on any atom is 0.408 e. The van der Waals surface area contributed by atoms with Crippen molar-refractivity contribution in [1.82, 2.24) is 5.32 Å². The van der Waals surface area contributed by atoms with E-state index in [1.807, 2.05) is 0 Å². The first-order chi connectivity index (χ1) is 11.6. The normalized spacial score (nSPS) is 12.1. The number of rotatable bonds is 7. The lowest BCUT2D eigenvalue weighted by atomic mass is 10.0. The Kier molecular flexibility index (Phi) is 6.90. The smallest absolute Gasteiger partial charge is 0.408 e. The van der Waals surface area contributed by atoms with Crippen LogP contribution in [0.15, 0.2) is 12.1 Å². The molecule has 140 valence electrons. The van der Waals surface area contributed by atoms with Crippen molar-refractivity contribution in [2.45, 2.75) is 38.8 Å². The fraction of sp³-hybridized carbons (Fsp3) is 0.529. The molecule has 0 heterocycles. The van der Waals surface area contributed by atoms with Crippen molar-refractivity contribution in [2.75, 3.05) is 21.3 Å². The predicted octanol–water partition coefficient (Wildman–Crippen LogP) is 2.75. The number of aliphatic carboxylic acids is 1. The number of alkyl carbamates (subject to hydrolysis) is 1. The van der Waals surface area contributed by atoms with Crippen LogP contribution in [-0.2, 0) is 9.53 Å². The van der Waals surface area contributed by atoms with Crippen molar-refractivity contribution in [3.63, 3.8) is 0 Å². The molecule has 0 aliphatic heterocycles. The van der Waals surface area contributed by atoms with Gasteiger partial charge < -0.3 is 29.4 Å². The van der Waals surface area contributed by atoms with Crippen LogP contribution >= 0.6 is 0 Å². The zero-order chi connectivity index (χ0) is 19.2. The van der Waals surface area contributed by atoms with Gasteiger partial charge in [-0.2, -0.15) is 0 Å². The molecule has 0 aliphatic carbocycles. The Morgan fingerprint density at radius 3 is 2.00 bits per heavy atom. The molecule has 0 spiro atoms. The molecular formula is C17H25NO7. The number of carbonyl (C=O) groups excluding carboxylic acids is 1. The number of carboxylic acids is 1. The largest absolute Gasteiger partial charge is 0.496 e. The number of benzene rings is 1. The SMILES string of the molecule is COc1cc(OC)c([C@@H](CC(=O)O)NC(=O)OC(C)(C)C)cc1OC. The Morgan fingerprint density at radius 1 is 1.04 bits per heavy atom. The third-order valence-electron chi connectivity index (χ3n) is 3.18. The molecule has 1 amide bonds. The van der Waals surface area contributed by atoms with Gasteiger partial charge in [-0.15, -0.1) is 0 Å². The molecule has 1 aromatic carbocycles. The summed E-state index contributed by atoms with van der Waals surface area (Å²) >= 11 is 0. The quantitative estimate of drug-likeness (QED) is 0.775. The Hall–Kier alpha value is -2.64. The van der Waals surface area contributed by atoms with Gasteiger partial charge in [0.05, 0.1) is 33.8 Å². The number of nitrogens with one attached hydrogen (secondary N) is 1. The first-order valence-electron chi connectivity index (χ1n) is 7.62. The zero-order valence-corrected chi connectivity index (χ0v) is 15.3. The summed E-state index contributed by atoms with van der Waals surface area (Å²) in [5.41, 5.74) is -0.270. The monoisotopic (exact) mass is 355 g/mol. The van der Waals surface area contributed by atoms with Crippen LogP contribution in [0.1, 0.15) is 38.8 Å². The van der Waals surface area contributed by atoms with E-state index in [0.717, 1.165) is 0 Å². The van der Waals surface area contributed by atoms with Crippen LogP contribution in [0.4, 0.5) is 4.79 Å². The molecule has 0 aliphatic rings. The molecule has 0 saturated heterocycles. The Labute approximate surface area is 147 Å². The molecular weight excluding hydrogens is 330 g/mol. The average Bonchev–Trinajstić information content (AvgIpc) is 2.50. The van der Waals surface area contributed by atoms with E-state index in [0.29, 0.717) is 22.8 Å². The van der Waals surface area contributed by atoms with E-state index in [1.54, 1.807) is 32.9 Å². The second-order valence-electron chi connectivity index (χ2n) is 6.25. The second-order valence-corrected chi connectivity index (χ2v) is 6.25. The summed E-state index contributed by atoms with van der Waals surface area (Å²) in [6.07, 6.45) is -1.08. The van der Waals surface area contributed by atoms with Gasteiger partial charge in [-0.05, 0) is 26.8 Å². The lowest BCUT2D eigenvalue weighted by Gasteiger charge is -2.24. The van der Waals surface area contributed by atoms with Gasteiger partial charge in [-0.1, -0.05) is 0 Å². The number of amides is 1. The van der Waals surface area contributed by atoms with E-state index >= 15 is 0 Å². The summed E-state index contributed by atoms with van der Waals surface area (Å²) in [6, 6.07) is 2.27. The van der Waals surface area contributed by atoms with Crippen LogP contribution in [0.2, 0.25) is 0 Å². The van der Waals surface area contributed by atoms with E-state index in [1.165, 1.54) is 21.3 Å². The third-order valence-corrected chi connectivity index (χ3v) is 3.18. The van der Waals surface area contributed by atoms with Crippen molar-refractivity contribution in [3.05, 3.63) is 17.7 Å². The molecule has 25 heavy (non-hydrogen) atoms. The number of hydrogen-bond donors (Lipinski definition) is 2. The minimum Gasteiger partial charge on any atom is -0.496 e. The van der Waals surface area contributed by atoms with E-state index in [-0.39, 0.29) is 6.42 Å². The Bertz CT molecular complexity index is 622. The second kappa shape index (κ2) is 8.46. The fourth-order valence-corrected chi connectivity index (χ4v) is 2.19. The van der Waals surface area contributed by atoms with Crippen LogP contribution < -0.4 is 19.5 Å². The maximum absolute atomic E-state index is 12.1. The standard InChI is InChI=1S/C17H25NO7/c1-17(2,3)25-16(21)18-11(8-15(19)20)10-7-13(23-5)14(24-6)9-12(10)22-4/h7,9,11H,8H2,1-6H3,(H,18,21)(H,19,20)/t11-/m1/s1. The van der Waals surface area contributed by atoms with Gasteiger partial charge in [-0.25, -0.2) is 4.79 Å². The van der Waals surface area contributed by atoms with Gasteiger partial charge >= 0.3 is 12.1 Å². The molecule has 0 aromatic heterocycles. The number of methoxy groups -OCH3 is 3. The van der Waals surface area contributed by atoms with Gasteiger partial charge in [-0.3, -0.25) is 4.79 Å². The number of carbonyl (C=O) groups is 2. The molecule has 1 atom stereocenters. The number of hydrogen-bond acceptors (Lipinski definition) is 6. The molecule has 1 aromatic rings. The summed E-state index contributed by atoms with van der Waals surface area (Å²) in [4.78, 5) is 23.3. The van der Waals surface area contributed by atoms with Crippen LogP contribution in [0, 0.1) is 0 Å². The van der Waals surface area contributed by atoms with Gasteiger partial charge in [0.15, 0.2) is 11.5 Å². The van der Waals surface area contributed by atoms with E-state index in [4.69, 9.17) is 18.9 Å². The predicted molar refractivity (Wildman–Crippen MR) is 90.5 cm³/mol. The van der Waals surface area contributed by atoms with Crippen molar-refractivity contribution in [3.8, 4) is 17.2 Å². The maximum atomic E-state index is 12.1. The zero-order valence-electron chi connectivity index (χ0n) is 15.3. The van der Waals surface area contributed by atoms with Gasteiger partial charge in [0, 0.05) is 11.6 Å². The molecule has 2 N–H and O–H groups in total. The Balaban J connectivity index is 3.25. The van der Waals surface area contributed by atoms with Crippen molar-refractivity contribution >= 4 is 12.1 Å². The molecule has 0 bridgehead atoms. The van der Waals surface area contributed by atoms with Gasteiger partial charge in [0.1, 0.15) is 11.4 Å². The molecule has 8 nitrogen and oxygen atoms in total. The molecule has 0 saturated carbocycles. The van der Waals surface area contributed by atoms with E-state index < -0.39 is 23.7 Å². The minimum absolute atomic E-state index is 0.356. The first-order valence-corrected chi connectivity index (χ1v) is 7.62. The Morgan fingerprint density at radius 2 is 1.56 bits per heavy atom. The molecule has 1 rings (SSSR count). The summed E-state index contributed by atoms with van der Waals surface area (Å²) in [5.74, 6) is 0.0898. The fourth-order valence-electron chi connectivity index (χ4n) is 2.19. The topological polar surface area (TPSA) is 103 Å². The van der Waals surface area contributed by atoms with Crippen molar-refractivity contribution in [1.29, 1.82) is 0 Å². The lowest BCUT2D eigenvalue weighted by Crippen LogP contribution is -2.36. The average molecular weight is 355 g/mol. The summed E-state index contributed by atoms with van der Waals surface area (Å²) in [6.45, 7) is 5.15. The minimum atomic E-state index is -1.09. The molecule has 0 radical (unpaired) electrons. The highest BCUT2D eigenvalue weighted by atomic mass is 16.6. The van der Waals surface area contributed by atoms with Crippen LogP contribution in [-0.4, -0.2) is 44.1 Å². The van der Waals surface area contributed by atoms with Gasteiger partial charge in [0.2, 0.25) is 0 Å². The number of carboxylic acid groups (broad SMARTS) is 1.